The summed E-state index contributed by atoms with van der Waals surface area (Å²) in [5, 5.41) is 2.96. The number of carbonyl (C=O) groups excluding carboxylic acids is 1. The Morgan fingerprint density at radius 3 is 2.00 bits per heavy atom. The van der Waals surface area contributed by atoms with Crippen molar-refractivity contribution in [1.29, 1.82) is 0 Å². The molecule has 0 aliphatic heterocycles. The van der Waals surface area contributed by atoms with Gasteiger partial charge in [0.1, 0.15) is 0 Å². The summed E-state index contributed by atoms with van der Waals surface area (Å²) in [6.45, 7) is 8.46. The Morgan fingerprint density at radius 2 is 1.61 bits per heavy atom. The topological polar surface area (TPSA) is 82.8 Å². The van der Waals surface area contributed by atoms with E-state index in [1.54, 1.807) is 0 Å². The lowest BCUT2D eigenvalue weighted by Gasteiger charge is -2.28. The second-order valence-electron chi connectivity index (χ2n) is 3.73. The summed E-state index contributed by atoms with van der Waals surface area (Å²) in [7, 11) is -2.53. The highest BCUT2D eigenvalue weighted by Gasteiger charge is 2.39. The number of amides is 1. The molecule has 1 amide bonds. The predicted molar refractivity (Wildman–Crippen MR) is 72.1 cm³/mol. The minimum Gasteiger partial charge on any atom is -0.374 e. The molecule has 0 heterocycles. The van der Waals surface area contributed by atoms with Gasteiger partial charge in [0, 0.05) is 25.9 Å². The van der Waals surface area contributed by atoms with Gasteiger partial charge in [-0.25, -0.2) is 0 Å². The molecule has 0 aliphatic carbocycles. The summed E-state index contributed by atoms with van der Waals surface area (Å²) in [6, 6.07) is 0.744. The van der Waals surface area contributed by atoms with E-state index in [0.29, 0.717) is 26.4 Å². The predicted octanol–water partition coefficient (Wildman–Crippen LogP) is 0.500. The van der Waals surface area contributed by atoms with Gasteiger partial charge >= 0.3 is 8.80 Å². The maximum absolute atomic E-state index is 10.6. The zero-order valence-corrected chi connectivity index (χ0v) is 12.7. The van der Waals surface area contributed by atoms with Gasteiger partial charge in [-0.3, -0.25) is 4.79 Å². The van der Waals surface area contributed by atoms with Crippen molar-refractivity contribution in [2.75, 3.05) is 32.9 Å². The molecule has 0 spiro atoms. The molecule has 0 aliphatic rings. The first-order chi connectivity index (χ1) is 8.60. The molecule has 0 fully saturated rings. The van der Waals surface area contributed by atoms with E-state index in [1.165, 1.54) is 0 Å². The van der Waals surface area contributed by atoms with Crippen molar-refractivity contribution in [3.05, 3.63) is 0 Å². The van der Waals surface area contributed by atoms with Crippen molar-refractivity contribution in [3.63, 3.8) is 0 Å². The quantitative estimate of drug-likeness (QED) is 0.401. The number of rotatable bonds is 12. The second-order valence-corrected chi connectivity index (χ2v) is 6.46. The maximum atomic E-state index is 10.6. The first-order valence-corrected chi connectivity index (χ1v) is 8.44. The Bertz CT molecular complexity index is 212. The molecule has 7 heteroatoms. The standard InChI is InChI=1S/C11H26N2O4Si/c1-4-15-18(16-5-2,17-6-3)9-7-8-13-10-11(12)14/h13H,4-10H2,1-3H3,(H2,12,14). The zero-order valence-electron chi connectivity index (χ0n) is 11.7. The number of primary amides is 1. The molecule has 0 atom stereocenters. The van der Waals surface area contributed by atoms with Crippen molar-refractivity contribution in [3.8, 4) is 0 Å². The van der Waals surface area contributed by atoms with Crippen molar-refractivity contribution in [2.45, 2.75) is 33.2 Å². The van der Waals surface area contributed by atoms with Crippen LogP contribution in [0.2, 0.25) is 6.04 Å². The number of carbonyl (C=O) groups is 1. The molecule has 18 heavy (non-hydrogen) atoms. The summed E-state index contributed by atoms with van der Waals surface area (Å²) in [6.07, 6.45) is 0.833. The maximum Gasteiger partial charge on any atom is 0.500 e. The molecule has 0 aromatic heterocycles. The van der Waals surface area contributed by atoms with Crippen molar-refractivity contribution in [1.82, 2.24) is 5.32 Å². The molecule has 0 rings (SSSR count). The monoisotopic (exact) mass is 278 g/mol. The van der Waals surface area contributed by atoms with Gasteiger partial charge in [0.2, 0.25) is 5.91 Å². The lowest BCUT2D eigenvalue weighted by atomic mass is 10.4. The third-order valence-electron chi connectivity index (χ3n) is 2.23. The smallest absolute Gasteiger partial charge is 0.374 e. The molecule has 0 unspecified atom stereocenters. The highest BCUT2D eigenvalue weighted by atomic mass is 28.4. The van der Waals surface area contributed by atoms with Gasteiger partial charge in [-0.05, 0) is 33.7 Å². The van der Waals surface area contributed by atoms with Crippen LogP contribution in [0.5, 0.6) is 0 Å². The van der Waals surface area contributed by atoms with Crippen molar-refractivity contribution < 1.29 is 18.1 Å². The van der Waals surface area contributed by atoms with Gasteiger partial charge in [0.05, 0.1) is 6.54 Å². The number of nitrogens with one attached hydrogen (secondary N) is 1. The van der Waals surface area contributed by atoms with E-state index in [9.17, 15) is 4.79 Å². The van der Waals surface area contributed by atoms with E-state index < -0.39 is 8.80 Å². The van der Waals surface area contributed by atoms with Gasteiger partial charge < -0.3 is 24.3 Å². The molecular formula is C11H26N2O4Si. The van der Waals surface area contributed by atoms with Crippen LogP contribution in [0.15, 0.2) is 0 Å². The van der Waals surface area contributed by atoms with Crippen LogP contribution in [0.3, 0.4) is 0 Å². The molecule has 6 nitrogen and oxygen atoms in total. The van der Waals surface area contributed by atoms with Crippen LogP contribution in [0, 0.1) is 0 Å². The van der Waals surface area contributed by atoms with Gasteiger partial charge in [-0.15, -0.1) is 0 Å². The minimum atomic E-state index is -2.53. The number of hydrogen-bond acceptors (Lipinski definition) is 5. The fourth-order valence-electron chi connectivity index (χ4n) is 1.64. The van der Waals surface area contributed by atoms with Crippen LogP contribution in [-0.2, 0) is 18.1 Å². The van der Waals surface area contributed by atoms with E-state index in [2.05, 4.69) is 5.32 Å². The normalized spacial score (nSPS) is 11.7. The summed E-state index contributed by atoms with van der Waals surface area (Å²) in [5.74, 6) is -0.349. The highest BCUT2D eigenvalue weighted by molar-refractivity contribution is 6.60. The minimum absolute atomic E-state index is 0.201. The molecule has 0 aromatic rings. The SMILES string of the molecule is CCO[Si](CCCNCC(N)=O)(OCC)OCC. The first kappa shape index (κ1) is 17.5. The Labute approximate surface area is 111 Å². The third kappa shape index (κ3) is 7.78. The zero-order chi connectivity index (χ0) is 13.9. The van der Waals surface area contributed by atoms with Crippen LogP contribution in [-0.4, -0.2) is 47.6 Å². The number of nitrogens with two attached hydrogens (primary N) is 1. The summed E-state index contributed by atoms with van der Waals surface area (Å²) < 4.78 is 17.1. The van der Waals surface area contributed by atoms with E-state index in [-0.39, 0.29) is 12.5 Å². The average molecular weight is 278 g/mol. The molecule has 0 radical (unpaired) electrons. The summed E-state index contributed by atoms with van der Waals surface area (Å²) >= 11 is 0. The Morgan fingerprint density at radius 1 is 1.11 bits per heavy atom. The molecular weight excluding hydrogens is 252 g/mol. The van der Waals surface area contributed by atoms with Crippen molar-refractivity contribution >= 4 is 14.7 Å². The fraction of sp³-hybridized carbons (Fsp3) is 0.909. The Kier molecular flexibility index (Phi) is 10.2. The van der Waals surface area contributed by atoms with Crippen molar-refractivity contribution in [2.24, 2.45) is 5.73 Å². The van der Waals surface area contributed by atoms with E-state index in [1.807, 2.05) is 20.8 Å². The molecule has 0 saturated carbocycles. The van der Waals surface area contributed by atoms with E-state index >= 15 is 0 Å². The van der Waals surface area contributed by atoms with Gasteiger partial charge in [-0.2, -0.15) is 0 Å². The summed E-state index contributed by atoms with van der Waals surface area (Å²) in [5.41, 5.74) is 5.04. The lowest BCUT2D eigenvalue weighted by Crippen LogP contribution is -2.46. The molecule has 0 saturated heterocycles. The Balaban J connectivity index is 4.08. The van der Waals surface area contributed by atoms with Crippen LogP contribution in [0.1, 0.15) is 27.2 Å². The second kappa shape index (κ2) is 10.4. The highest BCUT2D eigenvalue weighted by Crippen LogP contribution is 2.17. The van der Waals surface area contributed by atoms with Crippen LogP contribution in [0.4, 0.5) is 0 Å². The van der Waals surface area contributed by atoms with Gasteiger partial charge in [0.15, 0.2) is 0 Å². The third-order valence-corrected chi connectivity index (χ3v) is 5.38. The van der Waals surface area contributed by atoms with Crippen LogP contribution in [0.25, 0.3) is 0 Å². The number of hydrogen-bond donors (Lipinski definition) is 2. The lowest BCUT2D eigenvalue weighted by molar-refractivity contribution is -0.117. The molecule has 108 valence electrons. The molecule has 3 N–H and O–H groups in total. The van der Waals surface area contributed by atoms with E-state index in [4.69, 9.17) is 19.0 Å². The Hall–Kier alpha value is -0.473. The largest absolute Gasteiger partial charge is 0.500 e. The first-order valence-electron chi connectivity index (χ1n) is 6.51. The van der Waals surface area contributed by atoms with Crippen LogP contribution < -0.4 is 11.1 Å². The van der Waals surface area contributed by atoms with Gasteiger partial charge in [0.25, 0.3) is 0 Å². The van der Waals surface area contributed by atoms with Crippen LogP contribution >= 0.6 is 0 Å². The van der Waals surface area contributed by atoms with E-state index in [0.717, 1.165) is 12.5 Å². The fourth-order valence-corrected chi connectivity index (χ4v) is 4.26. The molecule has 0 bridgehead atoms. The summed E-state index contributed by atoms with van der Waals surface area (Å²) in [4.78, 5) is 10.6. The van der Waals surface area contributed by atoms with Gasteiger partial charge in [-0.1, -0.05) is 0 Å². The molecule has 0 aromatic carbocycles. The average Bonchev–Trinajstić information content (AvgIpc) is 2.29.